The van der Waals surface area contributed by atoms with E-state index in [9.17, 15) is 0 Å². The number of unbranched alkanes of at least 4 members (excludes halogenated alkanes) is 1. The van der Waals surface area contributed by atoms with Crippen molar-refractivity contribution in [3.05, 3.63) is 0 Å². The highest BCUT2D eigenvalue weighted by Crippen LogP contribution is 2.23. The molecule has 0 aromatic rings. The van der Waals surface area contributed by atoms with E-state index in [0.717, 1.165) is 12.1 Å². The molecular formula is C13H28N2. The van der Waals surface area contributed by atoms with Crippen molar-refractivity contribution in [3.63, 3.8) is 0 Å². The van der Waals surface area contributed by atoms with Crippen LogP contribution in [0.1, 0.15) is 52.4 Å². The van der Waals surface area contributed by atoms with Crippen LogP contribution in [-0.2, 0) is 0 Å². The van der Waals surface area contributed by atoms with Crippen molar-refractivity contribution in [3.8, 4) is 0 Å². The van der Waals surface area contributed by atoms with E-state index >= 15 is 0 Å². The summed E-state index contributed by atoms with van der Waals surface area (Å²) in [7, 11) is 4.40. The van der Waals surface area contributed by atoms with E-state index in [4.69, 9.17) is 0 Å². The van der Waals surface area contributed by atoms with E-state index in [2.05, 4.69) is 38.2 Å². The molecule has 90 valence electrons. The Kier molecular flexibility index (Phi) is 5.62. The molecule has 1 aliphatic rings. The van der Waals surface area contributed by atoms with Gasteiger partial charge in [-0.1, -0.05) is 19.8 Å². The third kappa shape index (κ3) is 4.52. The van der Waals surface area contributed by atoms with Gasteiger partial charge >= 0.3 is 0 Å². The lowest BCUT2D eigenvalue weighted by molar-refractivity contribution is 0.290. The molecule has 2 heteroatoms. The minimum atomic E-state index is 0.705. The van der Waals surface area contributed by atoms with E-state index in [0.29, 0.717) is 6.04 Å². The first-order valence-electron chi connectivity index (χ1n) is 6.56. The Morgan fingerprint density at radius 1 is 1.33 bits per heavy atom. The second-order valence-electron chi connectivity index (χ2n) is 5.34. The van der Waals surface area contributed by atoms with Gasteiger partial charge in [-0.15, -0.1) is 0 Å². The van der Waals surface area contributed by atoms with Crippen LogP contribution < -0.4 is 5.32 Å². The number of hydrogen-bond donors (Lipinski definition) is 1. The topological polar surface area (TPSA) is 15.3 Å². The molecule has 15 heavy (non-hydrogen) atoms. The number of hydrogen-bond acceptors (Lipinski definition) is 2. The van der Waals surface area contributed by atoms with Crippen LogP contribution in [0.5, 0.6) is 0 Å². The zero-order valence-electron chi connectivity index (χ0n) is 10.9. The SMILES string of the molecule is CCCCC(C)NC1CCC(N(C)C)C1. The van der Waals surface area contributed by atoms with Gasteiger partial charge in [-0.3, -0.25) is 0 Å². The molecule has 0 bridgehead atoms. The molecule has 0 spiro atoms. The predicted octanol–water partition coefficient (Wildman–Crippen LogP) is 2.64. The minimum absolute atomic E-state index is 0.705. The highest BCUT2D eigenvalue weighted by Gasteiger charge is 2.26. The van der Waals surface area contributed by atoms with Crippen LogP contribution in [0.3, 0.4) is 0 Å². The minimum Gasteiger partial charge on any atom is -0.311 e. The van der Waals surface area contributed by atoms with Crippen LogP contribution in [0.25, 0.3) is 0 Å². The number of rotatable bonds is 6. The maximum Gasteiger partial charge on any atom is 0.0105 e. The largest absolute Gasteiger partial charge is 0.311 e. The normalized spacial score (nSPS) is 28.6. The molecule has 0 saturated heterocycles. The maximum absolute atomic E-state index is 3.77. The summed E-state index contributed by atoms with van der Waals surface area (Å²) in [6.07, 6.45) is 8.07. The average Bonchev–Trinajstić information content (AvgIpc) is 2.63. The molecule has 0 radical (unpaired) electrons. The summed E-state index contributed by atoms with van der Waals surface area (Å²) in [4.78, 5) is 2.37. The van der Waals surface area contributed by atoms with Crippen molar-refractivity contribution in [1.29, 1.82) is 0 Å². The first kappa shape index (κ1) is 13.0. The van der Waals surface area contributed by atoms with Gasteiger partial charge in [0, 0.05) is 18.1 Å². The van der Waals surface area contributed by atoms with Crippen molar-refractivity contribution in [2.45, 2.75) is 70.5 Å². The first-order chi connectivity index (χ1) is 7.13. The summed E-state index contributed by atoms with van der Waals surface area (Å²) in [6, 6.07) is 2.28. The van der Waals surface area contributed by atoms with Gasteiger partial charge in [0.25, 0.3) is 0 Å². The van der Waals surface area contributed by atoms with Crippen LogP contribution in [0.2, 0.25) is 0 Å². The highest BCUT2D eigenvalue weighted by atomic mass is 15.1. The van der Waals surface area contributed by atoms with Gasteiger partial charge in [0.2, 0.25) is 0 Å². The average molecular weight is 212 g/mol. The summed E-state index contributed by atoms with van der Waals surface area (Å²) >= 11 is 0. The van der Waals surface area contributed by atoms with E-state index in [-0.39, 0.29) is 0 Å². The summed E-state index contributed by atoms with van der Waals surface area (Å²) in [6.45, 7) is 4.60. The quantitative estimate of drug-likeness (QED) is 0.728. The predicted molar refractivity (Wildman–Crippen MR) is 67.2 cm³/mol. The second kappa shape index (κ2) is 6.49. The standard InChI is InChI=1S/C13H28N2/c1-5-6-7-11(2)14-12-8-9-13(10-12)15(3)4/h11-14H,5-10H2,1-4H3. The Morgan fingerprint density at radius 2 is 2.07 bits per heavy atom. The van der Waals surface area contributed by atoms with Gasteiger partial charge in [0.05, 0.1) is 0 Å². The number of nitrogens with zero attached hydrogens (tertiary/aromatic N) is 1. The lowest BCUT2D eigenvalue weighted by Crippen LogP contribution is -2.36. The van der Waals surface area contributed by atoms with Gasteiger partial charge in [0.1, 0.15) is 0 Å². The van der Waals surface area contributed by atoms with Crippen molar-refractivity contribution in [2.75, 3.05) is 14.1 Å². The third-order valence-electron chi connectivity index (χ3n) is 3.65. The van der Waals surface area contributed by atoms with Gasteiger partial charge in [-0.25, -0.2) is 0 Å². The molecule has 0 aromatic carbocycles. The maximum atomic E-state index is 3.77. The van der Waals surface area contributed by atoms with E-state index in [1.165, 1.54) is 38.5 Å². The van der Waals surface area contributed by atoms with Crippen LogP contribution >= 0.6 is 0 Å². The van der Waals surface area contributed by atoms with Crippen molar-refractivity contribution in [2.24, 2.45) is 0 Å². The molecule has 0 aromatic heterocycles. The Bertz CT molecular complexity index is 168. The Hall–Kier alpha value is -0.0800. The molecule has 0 amide bonds. The van der Waals surface area contributed by atoms with Gasteiger partial charge < -0.3 is 10.2 Å². The van der Waals surface area contributed by atoms with Crippen molar-refractivity contribution in [1.82, 2.24) is 10.2 Å². The first-order valence-corrected chi connectivity index (χ1v) is 6.56. The fourth-order valence-corrected chi connectivity index (χ4v) is 2.57. The monoisotopic (exact) mass is 212 g/mol. The third-order valence-corrected chi connectivity index (χ3v) is 3.65. The second-order valence-corrected chi connectivity index (χ2v) is 5.34. The lowest BCUT2D eigenvalue weighted by atomic mass is 10.1. The molecule has 3 atom stereocenters. The van der Waals surface area contributed by atoms with Gasteiger partial charge in [-0.2, -0.15) is 0 Å². The van der Waals surface area contributed by atoms with Crippen molar-refractivity contribution >= 4 is 0 Å². The Balaban J connectivity index is 2.17. The molecule has 3 unspecified atom stereocenters. The van der Waals surface area contributed by atoms with Crippen molar-refractivity contribution < 1.29 is 0 Å². The lowest BCUT2D eigenvalue weighted by Gasteiger charge is -2.21. The van der Waals surface area contributed by atoms with E-state index in [1.54, 1.807) is 0 Å². The molecule has 0 aliphatic heterocycles. The summed E-state index contributed by atoms with van der Waals surface area (Å²) < 4.78 is 0. The molecule has 1 aliphatic carbocycles. The zero-order valence-corrected chi connectivity index (χ0v) is 10.9. The van der Waals surface area contributed by atoms with Gasteiger partial charge in [0.15, 0.2) is 0 Å². The van der Waals surface area contributed by atoms with Crippen LogP contribution in [0.15, 0.2) is 0 Å². The van der Waals surface area contributed by atoms with E-state index < -0.39 is 0 Å². The Morgan fingerprint density at radius 3 is 2.60 bits per heavy atom. The Labute approximate surface area is 95.4 Å². The highest BCUT2D eigenvalue weighted by molar-refractivity contribution is 4.86. The summed E-state index contributed by atoms with van der Waals surface area (Å²) in [5.74, 6) is 0. The molecule has 1 N–H and O–H groups in total. The fraction of sp³-hybridized carbons (Fsp3) is 1.00. The van der Waals surface area contributed by atoms with Crippen LogP contribution in [0.4, 0.5) is 0 Å². The number of nitrogens with one attached hydrogen (secondary N) is 1. The summed E-state index contributed by atoms with van der Waals surface area (Å²) in [5.41, 5.74) is 0. The van der Waals surface area contributed by atoms with Crippen LogP contribution in [0, 0.1) is 0 Å². The molecule has 1 saturated carbocycles. The summed E-state index contributed by atoms with van der Waals surface area (Å²) in [5, 5.41) is 3.77. The molecular weight excluding hydrogens is 184 g/mol. The molecule has 2 nitrogen and oxygen atoms in total. The van der Waals surface area contributed by atoms with Crippen LogP contribution in [-0.4, -0.2) is 37.1 Å². The fourth-order valence-electron chi connectivity index (χ4n) is 2.57. The van der Waals surface area contributed by atoms with Gasteiger partial charge in [-0.05, 0) is 46.7 Å². The zero-order chi connectivity index (χ0) is 11.3. The molecule has 1 fully saturated rings. The smallest absolute Gasteiger partial charge is 0.0105 e. The van der Waals surface area contributed by atoms with E-state index in [1.807, 2.05) is 0 Å². The molecule has 0 heterocycles. The molecule has 1 rings (SSSR count).